The molecule has 2 N–H and O–H groups in total. The van der Waals surface area contributed by atoms with Crippen molar-refractivity contribution in [3.05, 3.63) is 90.0 Å². The molecule has 0 aliphatic heterocycles. The fourth-order valence-corrected chi connectivity index (χ4v) is 3.59. The number of carbonyl (C=O) groups is 2. The smallest absolute Gasteiger partial charge is 0.253 e. The summed E-state index contributed by atoms with van der Waals surface area (Å²) in [6.07, 6.45) is 1.94. The molecular formula is C28H33N3O3. The van der Waals surface area contributed by atoms with Crippen molar-refractivity contribution >= 4 is 23.2 Å². The van der Waals surface area contributed by atoms with Gasteiger partial charge < -0.3 is 20.3 Å². The highest BCUT2D eigenvalue weighted by molar-refractivity contribution is 5.98. The quantitative estimate of drug-likeness (QED) is 0.364. The Balaban J connectivity index is 1.41. The second kappa shape index (κ2) is 13.0. The van der Waals surface area contributed by atoms with E-state index in [2.05, 4.69) is 22.8 Å². The van der Waals surface area contributed by atoms with E-state index in [1.165, 1.54) is 5.56 Å². The largest absolute Gasteiger partial charge is 0.494 e. The molecular weight excluding hydrogens is 426 g/mol. The van der Waals surface area contributed by atoms with Gasteiger partial charge in [-0.2, -0.15) is 0 Å². The highest BCUT2D eigenvalue weighted by Gasteiger charge is 2.13. The number of rotatable bonds is 12. The fourth-order valence-electron chi connectivity index (χ4n) is 3.59. The Labute approximate surface area is 201 Å². The average Bonchev–Trinajstić information content (AvgIpc) is 2.87. The summed E-state index contributed by atoms with van der Waals surface area (Å²) in [5, 5.41) is 5.96. The SMILES string of the molecule is CCN(CC)C(=O)c1cccc(NC(=O)CNc2ccc(OCCCc3ccccc3)cc2)c1. The van der Waals surface area contributed by atoms with Crippen molar-refractivity contribution in [2.24, 2.45) is 0 Å². The van der Waals surface area contributed by atoms with E-state index in [-0.39, 0.29) is 18.4 Å². The lowest BCUT2D eigenvalue weighted by Gasteiger charge is -2.19. The molecule has 6 heteroatoms. The van der Waals surface area contributed by atoms with E-state index in [0.717, 1.165) is 24.3 Å². The maximum Gasteiger partial charge on any atom is 0.253 e. The number of hydrogen-bond acceptors (Lipinski definition) is 4. The molecule has 0 atom stereocenters. The van der Waals surface area contributed by atoms with E-state index in [9.17, 15) is 9.59 Å². The second-order valence-corrected chi connectivity index (χ2v) is 7.92. The van der Waals surface area contributed by atoms with Gasteiger partial charge in [-0.15, -0.1) is 0 Å². The maximum absolute atomic E-state index is 12.5. The van der Waals surface area contributed by atoms with Gasteiger partial charge in [0.25, 0.3) is 5.91 Å². The Morgan fingerprint density at radius 3 is 2.29 bits per heavy atom. The molecule has 178 valence electrons. The summed E-state index contributed by atoms with van der Waals surface area (Å²) in [4.78, 5) is 26.6. The van der Waals surface area contributed by atoms with Crippen LogP contribution in [0.25, 0.3) is 0 Å². The minimum absolute atomic E-state index is 0.0402. The molecule has 3 aromatic carbocycles. The molecule has 3 aromatic rings. The van der Waals surface area contributed by atoms with Crippen LogP contribution in [-0.2, 0) is 11.2 Å². The third kappa shape index (κ3) is 7.66. The van der Waals surface area contributed by atoms with Crippen molar-refractivity contribution in [2.45, 2.75) is 26.7 Å². The van der Waals surface area contributed by atoms with Gasteiger partial charge in [-0.3, -0.25) is 9.59 Å². The van der Waals surface area contributed by atoms with Crippen molar-refractivity contribution in [3.8, 4) is 5.75 Å². The van der Waals surface area contributed by atoms with Crippen molar-refractivity contribution < 1.29 is 14.3 Å². The summed E-state index contributed by atoms with van der Waals surface area (Å²) in [5.74, 6) is 0.577. The highest BCUT2D eigenvalue weighted by Crippen LogP contribution is 2.17. The summed E-state index contributed by atoms with van der Waals surface area (Å²) >= 11 is 0. The van der Waals surface area contributed by atoms with E-state index < -0.39 is 0 Å². The van der Waals surface area contributed by atoms with E-state index in [1.807, 2.05) is 56.3 Å². The van der Waals surface area contributed by atoms with Crippen molar-refractivity contribution in [1.29, 1.82) is 0 Å². The molecule has 0 bridgehead atoms. The van der Waals surface area contributed by atoms with Crippen LogP contribution in [0.1, 0.15) is 36.2 Å². The van der Waals surface area contributed by atoms with Crippen LogP contribution in [0.15, 0.2) is 78.9 Å². The summed E-state index contributed by atoms with van der Waals surface area (Å²) < 4.78 is 5.81. The van der Waals surface area contributed by atoms with Gasteiger partial charge in [-0.1, -0.05) is 36.4 Å². The molecule has 0 aromatic heterocycles. The number of nitrogens with zero attached hydrogens (tertiary/aromatic N) is 1. The number of nitrogens with one attached hydrogen (secondary N) is 2. The van der Waals surface area contributed by atoms with Gasteiger partial charge in [0.15, 0.2) is 0 Å². The van der Waals surface area contributed by atoms with Gasteiger partial charge in [0.1, 0.15) is 5.75 Å². The first kappa shape index (κ1) is 24.8. The van der Waals surface area contributed by atoms with E-state index in [4.69, 9.17) is 4.74 Å². The fraction of sp³-hybridized carbons (Fsp3) is 0.286. The summed E-state index contributed by atoms with van der Waals surface area (Å²) in [7, 11) is 0. The molecule has 0 saturated heterocycles. The van der Waals surface area contributed by atoms with Crippen LogP contribution in [0.2, 0.25) is 0 Å². The van der Waals surface area contributed by atoms with Crippen molar-refractivity contribution in [1.82, 2.24) is 4.90 Å². The van der Waals surface area contributed by atoms with E-state index in [0.29, 0.717) is 30.9 Å². The van der Waals surface area contributed by atoms with Gasteiger partial charge in [-0.05, 0) is 74.7 Å². The Morgan fingerprint density at radius 1 is 0.853 bits per heavy atom. The summed E-state index contributed by atoms with van der Waals surface area (Å²) in [6.45, 7) is 5.96. The molecule has 0 saturated carbocycles. The highest BCUT2D eigenvalue weighted by atomic mass is 16.5. The Hall–Kier alpha value is -3.80. The van der Waals surface area contributed by atoms with Crippen LogP contribution in [0, 0.1) is 0 Å². The molecule has 0 aliphatic carbocycles. The number of hydrogen-bond donors (Lipinski definition) is 2. The number of carbonyl (C=O) groups excluding carboxylic acids is 2. The lowest BCUT2D eigenvalue weighted by molar-refractivity contribution is -0.114. The van der Waals surface area contributed by atoms with Crippen LogP contribution >= 0.6 is 0 Å². The number of benzene rings is 3. The zero-order chi connectivity index (χ0) is 24.2. The first-order chi connectivity index (χ1) is 16.6. The number of amides is 2. The van der Waals surface area contributed by atoms with Crippen LogP contribution in [-0.4, -0.2) is 43.0 Å². The Kier molecular flexibility index (Phi) is 9.52. The molecule has 0 aliphatic rings. The van der Waals surface area contributed by atoms with Crippen molar-refractivity contribution in [2.75, 3.05) is 36.9 Å². The normalized spacial score (nSPS) is 10.4. The monoisotopic (exact) mass is 459 g/mol. The minimum atomic E-state index is -0.186. The van der Waals surface area contributed by atoms with Crippen molar-refractivity contribution in [3.63, 3.8) is 0 Å². The van der Waals surface area contributed by atoms with Gasteiger partial charge in [-0.25, -0.2) is 0 Å². The zero-order valence-corrected chi connectivity index (χ0v) is 19.9. The van der Waals surface area contributed by atoms with Crippen LogP contribution < -0.4 is 15.4 Å². The topological polar surface area (TPSA) is 70.7 Å². The van der Waals surface area contributed by atoms with Crippen LogP contribution in [0.3, 0.4) is 0 Å². The molecule has 34 heavy (non-hydrogen) atoms. The third-order valence-electron chi connectivity index (χ3n) is 5.47. The van der Waals surface area contributed by atoms with Crippen LogP contribution in [0.4, 0.5) is 11.4 Å². The summed E-state index contributed by atoms with van der Waals surface area (Å²) in [6, 6.07) is 25.0. The molecule has 0 radical (unpaired) electrons. The van der Waals surface area contributed by atoms with Gasteiger partial charge in [0, 0.05) is 30.0 Å². The van der Waals surface area contributed by atoms with E-state index in [1.54, 1.807) is 29.2 Å². The standard InChI is InChI=1S/C28H33N3O3/c1-3-31(4-2)28(33)23-13-8-14-25(20-23)30-27(32)21-29-24-15-17-26(18-16-24)34-19-9-12-22-10-6-5-7-11-22/h5-8,10-11,13-18,20,29H,3-4,9,12,19,21H2,1-2H3,(H,30,32). The third-order valence-corrected chi connectivity index (χ3v) is 5.47. The van der Waals surface area contributed by atoms with Gasteiger partial charge in [0.2, 0.25) is 5.91 Å². The predicted octanol–water partition coefficient (Wildman–Crippen LogP) is 5.23. The lowest BCUT2D eigenvalue weighted by Crippen LogP contribution is -2.30. The first-order valence-corrected chi connectivity index (χ1v) is 11.8. The molecule has 3 rings (SSSR count). The number of ether oxygens (including phenoxy) is 1. The van der Waals surface area contributed by atoms with Gasteiger partial charge in [0.05, 0.1) is 13.2 Å². The molecule has 0 spiro atoms. The lowest BCUT2D eigenvalue weighted by atomic mass is 10.1. The van der Waals surface area contributed by atoms with Gasteiger partial charge >= 0.3 is 0 Å². The van der Waals surface area contributed by atoms with Crippen LogP contribution in [0.5, 0.6) is 5.75 Å². The molecule has 0 fully saturated rings. The minimum Gasteiger partial charge on any atom is -0.494 e. The summed E-state index contributed by atoms with van der Waals surface area (Å²) in [5.41, 5.74) is 3.31. The molecule has 6 nitrogen and oxygen atoms in total. The molecule has 2 amide bonds. The molecule has 0 unspecified atom stereocenters. The molecule has 0 heterocycles. The second-order valence-electron chi connectivity index (χ2n) is 7.92. The average molecular weight is 460 g/mol. The number of aryl methyl sites for hydroxylation is 1. The Morgan fingerprint density at radius 2 is 1.59 bits per heavy atom. The Bertz CT molecular complexity index is 1050. The van der Waals surface area contributed by atoms with E-state index >= 15 is 0 Å². The number of anilines is 2. The zero-order valence-electron chi connectivity index (χ0n) is 19.9. The maximum atomic E-state index is 12.5. The first-order valence-electron chi connectivity index (χ1n) is 11.8. The predicted molar refractivity (Wildman–Crippen MR) is 138 cm³/mol.